The molecule has 0 unspecified atom stereocenters. The van der Waals surface area contributed by atoms with Gasteiger partial charge in [-0.2, -0.15) is 0 Å². The number of benzene rings is 2. The van der Waals surface area contributed by atoms with Crippen molar-refractivity contribution in [2.24, 2.45) is 0 Å². The second-order valence-electron chi connectivity index (χ2n) is 5.84. The van der Waals surface area contributed by atoms with E-state index >= 15 is 0 Å². The SMILES string of the molecule is CCc1cccc2c1ccn2S(=O)(=O)c1cccc2c(=O)[nH]ccc12. The van der Waals surface area contributed by atoms with Gasteiger partial charge in [-0.15, -0.1) is 0 Å². The van der Waals surface area contributed by atoms with E-state index in [-0.39, 0.29) is 10.5 Å². The van der Waals surface area contributed by atoms with E-state index in [1.807, 2.05) is 25.1 Å². The zero-order valence-electron chi connectivity index (χ0n) is 13.6. The molecule has 0 amide bonds. The van der Waals surface area contributed by atoms with E-state index < -0.39 is 10.0 Å². The van der Waals surface area contributed by atoms with Gasteiger partial charge in [0.05, 0.1) is 10.4 Å². The van der Waals surface area contributed by atoms with Crippen molar-refractivity contribution in [1.82, 2.24) is 8.96 Å². The highest BCUT2D eigenvalue weighted by atomic mass is 32.2. The number of aromatic nitrogens is 2. The highest BCUT2D eigenvalue weighted by molar-refractivity contribution is 7.90. The lowest BCUT2D eigenvalue weighted by Crippen LogP contribution is -2.14. The Morgan fingerprint density at radius 1 is 0.960 bits per heavy atom. The molecule has 4 aromatic rings. The van der Waals surface area contributed by atoms with Gasteiger partial charge in [0.1, 0.15) is 0 Å². The van der Waals surface area contributed by atoms with Crippen molar-refractivity contribution in [3.05, 3.63) is 76.8 Å². The molecule has 0 aliphatic heterocycles. The van der Waals surface area contributed by atoms with Gasteiger partial charge in [0.25, 0.3) is 15.6 Å². The number of nitrogens with one attached hydrogen (secondary N) is 1. The Morgan fingerprint density at radius 2 is 1.76 bits per heavy atom. The summed E-state index contributed by atoms with van der Waals surface area (Å²) < 4.78 is 27.9. The summed E-state index contributed by atoms with van der Waals surface area (Å²) in [5.41, 5.74) is 1.43. The molecule has 0 atom stereocenters. The van der Waals surface area contributed by atoms with Gasteiger partial charge in [-0.1, -0.05) is 25.1 Å². The third-order valence-electron chi connectivity index (χ3n) is 4.48. The lowest BCUT2D eigenvalue weighted by Gasteiger charge is -2.10. The summed E-state index contributed by atoms with van der Waals surface area (Å²) in [6.07, 6.45) is 3.86. The number of aryl methyl sites for hydroxylation is 1. The molecular formula is C19H16N2O3S. The molecule has 0 fully saturated rings. The van der Waals surface area contributed by atoms with Crippen LogP contribution in [-0.2, 0) is 16.4 Å². The lowest BCUT2D eigenvalue weighted by atomic mass is 10.1. The maximum Gasteiger partial charge on any atom is 0.268 e. The number of nitrogens with zero attached hydrogens (tertiary/aromatic N) is 1. The van der Waals surface area contributed by atoms with Crippen LogP contribution in [0.2, 0.25) is 0 Å². The van der Waals surface area contributed by atoms with Crippen molar-refractivity contribution in [1.29, 1.82) is 0 Å². The summed E-state index contributed by atoms with van der Waals surface area (Å²) in [4.78, 5) is 14.7. The van der Waals surface area contributed by atoms with E-state index in [9.17, 15) is 13.2 Å². The first kappa shape index (κ1) is 15.7. The van der Waals surface area contributed by atoms with E-state index in [1.54, 1.807) is 30.5 Å². The van der Waals surface area contributed by atoms with Crippen LogP contribution in [0.1, 0.15) is 12.5 Å². The monoisotopic (exact) mass is 352 g/mol. The van der Waals surface area contributed by atoms with Crippen molar-refractivity contribution in [2.45, 2.75) is 18.2 Å². The minimum atomic E-state index is -3.83. The summed E-state index contributed by atoms with van der Waals surface area (Å²) in [6.45, 7) is 2.04. The normalized spacial score (nSPS) is 12.0. The van der Waals surface area contributed by atoms with E-state index in [2.05, 4.69) is 4.98 Å². The number of aromatic amines is 1. The molecule has 0 aliphatic carbocycles. The van der Waals surface area contributed by atoms with Gasteiger partial charge in [-0.05, 0) is 42.3 Å². The van der Waals surface area contributed by atoms with Gasteiger partial charge in [-0.25, -0.2) is 12.4 Å². The van der Waals surface area contributed by atoms with Crippen molar-refractivity contribution in [3.63, 3.8) is 0 Å². The average Bonchev–Trinajstić information content (AvgIpc) is 3.06. The number of hydrogen-bond donors (Lipinski definition) is 1. The summed E-state index contributed by atoms with van der Waals surface area (Å²) in [6, 6.07) is 13.8. The fourth-order valence-electron chi connectivity index (χ4n) is 3.25. The molecular weight excluding hydrogens is 336 g/mol. The molecule has 126 valence electrons. The molecule has 2 aromatic heterocycles. The van der Waals surface area contributed by atoms with Crippen molar-refractivity contribution >= 4 is 31.7 Å². The van der Waals surface area contributed by atoms with Crippen LogP contribution in [0.3, 0.4) is 0 Å². The second kappa shape index (κ2) is 5.60. The fraction of sp³-hybridized carbons (Fsp3) is 0.105. The molecule has 2 aromatic carbocycles. The van der Waals surface area contributed by atoms with Gasteiger partial charge in [0, 0.05) is 28.6 Å². The van der Waals surface area contributed by atoms with Gasteiger partial charge < -0.3 is 4.98 Å². The number of rotatable bonds is 3. The van der Waals surface area contributed by atoms with Crippen molar-refractivity contribution < 1.29 is 8.42 Å². The predicted octanol–water partition coefficient (Wildman–Crippen LogP) is 3.28. The predicted molar refractivity (Wildman–Crippen MR) is 98.5 cm³/mol. The molecule has 4 rings (SSSR count). The minimum absolute atomic E-state index is 0.121. The van der Waals surface area contributed by atoms with Crippen LogP contribution >= 0.6 is 0 Å². The smallest absolute Gasteiger partial charge is 0.268 e. The van der Waals surface area contributed by atoms with Crippen LogP contribution in [0, 0.1) is 0 Å². The molecule has 0 radical (unpaired) electrons. The molecule has 25 heavy (non-hydrogen) atoms. The van der Waals surface area contributed by atoms with E-state index in [4.69, 9.17) is 0 Å². The minimum Gasteiger partial charge on any atom is -0.329 e. The third kappa shape index (κ3) is 2.29. The summed E-state index contributed by atoms with van der Waals surface area (Å²) in [5, 5.41) is 1.70. The van der Waals surface area contributed by atoms with Crippen LogP contribution in [0.5, 0.6) is 0 Å². The van der Waals surface area contributed by atoms with Gasteiger partial charge in [0.2, 0.25) is 0 Å². The molecule has 0 aliphatic rings. The van der Waals surface area contributed by atoms with Crippen LogP contribution in [0.4, 0.5) is 0 Å². The quantitative estimate of drug-likeness (QED) is 0.615. The van der Waals surface area contributed by atoms with Crippen molar-refractivity contribution in [2.75, 3.05) is 0 Å². The number of H-pyrrole nitrogens is 1. The maximum absolute atomic E-state index is 13.3. The third-order valence-corrected chi connectivity index (χ3v) is 6.23. The molecule has 0 bridgehead atoms. The van der Waals surface area contributed by atoms with Crippen LogP contribution in [-0.4, -0.2) is 17.4 Å². The van der Waals surface area contributed by atoms with Gasteiger partial charge >= 0.3 is 0 Å². The first-order valence-corrected chi connectivity index (χ1v) is 9.43. The first-order chi connectivity index (χ1) is 12.0. The van der Waals surface area contributed by atoms with E-state index in [0.717, 1.165) is 17.4 Å². The van der Waals surface area contributed by atoms with Crippen molar-refractivity contribution in [3.8, 4) is 0 Å². The maximum atomic E-state index is 13.3. The Bertz CT molecular complexity index is 1270. The van der Waals surface area contributed by atoms with Crippen LogP contribution in [0.25, 0.3) is 21.7 Å². The molecule has 0 saturated heterocycles. The van der Waals surface area contributed by atoms with Gasteiger partial charge in [0.15, 0.2) is 0 Å². The first-order valence-electron chi connectivity index (χ1n) is 7.99. The van der Waals surface area contributed by atoms with Gasteiger partial charge in [-0.3, -0.25) is 4.79 Å². The lowest BCUT2D eigenvalue weighted by molar-refractivity contribution is 0.590. The summed E-state index contributed by atoms with van der Waals surface area (Å²) in [5.74, 6) is 0. The highest BCUT2D eigenvalue weighted by Crippen LogP contribution is 2.28. The molecule has 5 nitrogen and oxygen atoms in total. The molecule has 2 heterocycles. The Morgan fingerprint density at radius 3 is 2.56 bits per heavy atom. The summed E-state index contributed by atoms with van der Waals surface area (Å²) >= 11 is 0. The molecule has 1 N–H and O–H groups in total. The number of fused-ring (bicyclic) bond motifs is 2. The highest BCUT2D eigenvalue weighted by Gasteiger charge is 2.22. The Balaban J connectivity index is 2.04. The number of hydrogen-bond acceptors (Lipinski definition) is 3. The fourth-order valence-corrected chi connectivity index (χ4v) is 4.81. The van der Waals surface area contributed by atoms with E-state index in [1.165, 1.54) is 16.2 Å². The zero-order chi connectivity index (χ0) is 17.6. The number of pyridine rings is 1. The van der Waals surface area contributed by atoms with E-state index in [0.29, 0.717) is 16.3 Å². The average molecular weight is 352 g/mol. The van der Waals surface area contributed by atoms with Crippen LogP contribution < -0.4 is 5.56 Å². The molecule has 0 saturated carbocycles. The Kier molecular flexibility index (Phi) is 3.51. The van der Waals surface area contributed by atoms with Crippen LogP contribution in [0.15, 0.2) is 70.6 Å². The molecule has 6 heteroatoms. The Labute approximate surface area is 144 Å². The zero-order valence-corrected chi connectivity index (χ0v) is 14.4. The standard InChI is InChI=1S/C19H16N2O3S/c1-2-13-5-3-7-17-14(13)10-12-21(17)25(23,24)18-8-4-6-16-15(18)9-11-20-19(16)22/h3-12H,2H2,1H3,(H,20,22). The molecule has 0 spiro atoms. The largest absolute Gasteiger partial charge is 0.329 e. The summed E-state index contributed by atoms with van der Waals surface area (Å²) in [7, 11) is -3.83. The second-order valence-corrected chi connectivity index (χ2v) is 7.63. The topological polar surface area (TPSA) is 71.9 Å². The Hall–Kier alpha value is -2.86.